The van der Waals surface area contributed by atoms with Gasteiger partial charge < -0.3 is 20.9 Å². The van der Waals surface area contributed by atoms with Crippen molar-refractivity contribution in [2.24, 2.45) is 5.73 Å². The van der Waals surface area contributed by atoms with Gasteiger partial charge in [-0.05, 0) is 11.6 Å². The topological polar surface area (TPSA) is 116 Å². The van der Waals surface area contributed by atoms with Gasteiger partial charge in [0.15, 0.2) is 0 Å². The maximum atomic E-state index is 10.7. The first-order valence-corrected chi connectivity index (χ1v) is 4.34. The number of nitrogens with one attached hydrogen (secondary N) is 1. The molecule has 1 amide bonds. The summed E-state index contributed by atoms with van der Waals surface area (Å²) in [6, 6.07) is 2.59. The van der Waals surface area contributed by atoms with Crippen LogP contribution in [-0.4, -0.2) is 27.2 Å². The number of aliphatic hydroxyl groups excluding tert-OH is 2. The van der Waals surface area contributed by atoms with Crippen molar-refractivity contribution < 1.29 is 15.0 Å². The molecule has 0 fully saturated rings. The Kier molecular flexibility index (Phi) is 3.59. The number of nitrogens with two attached hydrogens (primary N) is 1. The molecule has 0 saturated carbocycles. The van der Waals surface area contributed by atoms with Crippen molar-refractivity contribution in [3.8, 4) is 0 Å². The number of hydrogen-bond acceptors (Lipinski definition) is 4. The Balaban J connectivity index is 2.75. The highest BCUT2D eigenvalue weighted by molar-refractivity contribution is 5.74. The van der Waals surface area contributed by atoms with Crippen LogP contribution < -0.4 is 11.3 Å². The van der Waals surface area contributed by atoms with Crippen molar-refractivity contribution in [3.63, 3.8) is 0 Å². The summed E-state index contributed by atoms with van der Waals surface area (Å²) >= 11 is 0. The van der Waals surface area contributed by atoms with E-state index in [2.05, 4.69) is 4.98 Å². The van der Waals surface area contributed by atoms with E-state index in [-0.39, 0.29) is 12.0 Å². The van der Waals surface area contributed by atoms with Crippen LogP contribution in [0.1, 0.15) is 18.1 Å². The largest absolute Gasteiger partial charge is 0.390 e. The van der Waals surface area contributed by atoms with E-state index in [1.165, 1.54) is 18.3 Å². The molecule has 0 saturated heterocycles. The number of rotatable bonds is 4. The normalized spacial score (nSPS) is 14.5. The van der Waals surface area contributed by atoms with Crippen molar-refractivity contribution in [2.75, 3.05) is 0 Å². The van der Waals surface area contributed by atoms with Crippen molar-refractivity contribution in [1.29, 1.82) is 0 Å². The van der Waals surface area contributed by atoms with Crippen molar-refractivity contribution in [2.45, 2.75) is 18.6 Å². The standard InChI is InChI=1S/C9H12N2O4/c10-7(13)3-6(12)9(15)5-1-2-8(14)11-4-5/h1-2,4,6,9,12,15H,3H2,(H2,10,13)(H,11,14). The van der Waals surface area contributed by atoms with E-state index in [4.69, 9.17) is 5.73 Å². The van der Waals surface area contributed by atoms with Crippen LogP contribution >= 0.6 is 0 Å². The Morgan fingerprint density at radius 2 is 2.13 bits per heavy atom. The SMILES string of the molecule is NC(=O)CC(O)C(O)c1ccc(=O)[nH]c1. The number of aromatic nitrogens is 1. The van der Waals surface area contributed by atoms with Gasteiger partial charge in [0.1, 0.15) is 6.10 Å². The summed E-state index contributed by atoms with van der Waals surface area (Å²) in [6.45, 7) is 0. The predicted molar refractivity (Wildman–Crippen MR) is 51.8 cm³/mol. The van der Waals surface area contributed by atoms with Crippen LogP contribution in [-0.2, 0) is 4.79 Å². The van der Waals surface area contributed by atoms with Gasteiger partial charge in [-0.1, -0.05) is 0 Å². The van der Waals surface area contributed by atoms with Crippen LogP contribution in [0.3, 0.4) is 0 Å². The van der Waals surface area contributed by atoms with E-state index in [0.29, 0.717) is 5.56 Å². The van der Waals surface area contributed by atoms with Crippen LogP contribution in [0, 0.1) is 0 Å². The molecule has 0 aliphatic heterocycles. The van der Waals surface area contributed by atoms with Crippen LogP contribution in [0.5, 0.6) is 0 Å². The second-order valence-electron chi connectivity index (χ2n) is 3.17. The Labute approximate surface area is 85.4 Å². The van der Waals surface area contributed by atoms with E-state index < -0.39 is 18.1 Å². The molecule has 5 N–H and O–H groups in total. The third-order valence-corrected chi connectivity index (χ3v) is 1.92. The average Bonchev–Trinajstić information content (AvgIpc) is 2.17. The number of aliphatic hydroxyl groups is 2. The summed E-state index contributed by atoms with van der Waals surface area (Å²) in [4.78, 5) is 23.6. The van der Waals surface area contributed by atoms with Crippen LogP contribution in [0.2, 0.25) is 0 Å². The van der Waals surface area contributed by atoms with Gasteiger partial charge in [0.05, 0.1) is 12.5 Å². The van der Waals surface area contributed by atoms with E-state index >= 15 is 0 Å². The lowest BCUT2D eigenvalue weighted by molar-refractivity contribution is -0.121. The van der Waals surface area contributed by atoms with Crippen LogP contribution in [0.25, 0.3) is 0 Å². The maximum Gasteiger partial charge on any atom is 0.247 e. The molecule has 1 rings (SSSR count). The van der Waals surface area contributed by atoms with E-state index in [0.717, 1.165) is 0 Å². The molecule has 2 atom stereocenters. The number of aromatic amines is 1. The van der Waals surface area contributed by atoms with Gasteiger partial charge in [-0.3, -0.25) is 9.59 Å². The molecule has 1 aromatic heterocycles. The summed E-state index contributed by atoms with van der Waals surface area (Å²) in [5, 5.41) is 18.9. The van der Waals surface area contributed by atoms with Gasteiger partial charge in [-0.2, -0.15) is 0 Å². The minimum Gasteiger partial charge on any atom is -0.390 e. The second-order valence-corrected chi connectivity index (χ2v) is 3.17. The summed E-state index contributed by atoms with van der Waals surface area (Å²) in [6.07, 6.45) is -1.57. The lowest BCUT2D eigenvalue weighted by Crippen LogP contribution is -2.26. The summed E-state index contributed by atoms with van der Waals surface area (Å²) < 4.78 is 0. The third-order valence-electron chi connectivity index (χ3n) is 1.92. The number of primary amides is 1. The molecular formula is C9H12N2O4. The van der Waals surface area contributed by atoms with Gasteiger partial charge in [0, 0.05) is 12.3 Å². The number of H-pyrrole nitrogens is 1. The Morgan fingerprint density at radius 1 is 1.47 bits per heavy atom. The quantitative estimate of drug-likeness (QED) is 0.493. The highest BCUT2D eigenvalue weighted by Crippen LogP contribution is 2.16. The molecule has 6 heteroatoms. The number of hydrogen-bond donors (Lipinski definition) is 4. The Hall–Kier alpha value is -1.66. The van der Waals surface area contributed by atoms with Crippen molar-refractivity contribution in [1.82, 2.24) is 4.98 Å². The molecule has 1 heterocycles. The fraction of sp³-hybridized carbons (Fsp3) is 0.333. The number of pyridine rings is 1. The van der Waals surface area contributed by atoms with E-state index in [9.17, 15) is 19.8 Å². The van der Waals surface area contributed by atoms with E-state index in [1.807, 2.05) is 0 Å². The first kappa shape index (κ1) is 11.4. The molecule has 0 aromatic carbocycles. The van der Waals surface area contributed by atoms with Crippen LogP contribution in [0.4, 0.5) is 0 Å². The molecule has 0 aliphatic rings. The van der Waals surface area contributed by atoms with Crippen molar-refractivity contribution in [3.05, 3.63) is 34.2 Å². The first-order chi connectivity index (χ1) is 7.00. The minimum absolute atomic E-state index is 0.310. The molecule has 1 aromatic rings. The number of carbonyl (C=O) groups is 1. The highest BCUT2D eigenvalue weighted by Gasteiger charge is 2.20. The molecule has 6 nitrogen and oxygen atoms in total. The molecular weight excluding hydrogens is 200 g/mol. The zero-order chi connectivity index (χ0) is 11.4. The Morgan fingerprint density at radius 3 is 2.60 bits per heavy atom. The average molecular weight is 212 g/mol. The first-order valence-electron chi connectivity index (χ1n) is 4.34. The van der Waals surface area contributed by atoms with Crippen molar-refractivity contribution >= 4 is 5.91 Å². The monoisotopic (exact) mass is 212 g/mol. The van der Waals surface area contributed by atoms with E-state index in [1.54, 1.807) is 0 Å². The molecule has 0 aliphatic carbocycles. The lowest BCUT2D eigenvalue weighted by atomic mass is 10.0. The summed E-state index contributed by atoms with van der Waals surface area (Å²) in [7, 11) is 0. The summed E-state index contributed by atoms with van der Waals surface area (Å²) in [5.41, 5.74) is 4.88. The fourth-order valence-electron chi connectivity index (χ4n) is 1.15. The number of amides is 1. The smallest absolute Gasteiger partial charge is 0.247 e. The van der Waals surface area contributed by atoms with Gasteiger partial charge in [0.2, 0.25) is 11.5 Å². The van der Waals surface area contributed by atoms with Crippen LogP contribution in [0.15, 0.2) is 23.1 Å². The van der Waals surface area contributed by atoms with Gasteiger partial charge >= 0.3 is 0 Å². The predicted octanol–water partition coefficient (Wildman–Crippen LogP) is -1.36. The lowest BCUT2D eigenvalue weighted by Gasteiger charge is -2.16. The summed E-state index contributed by atoms with van der Waals surface area (Å²) in [5.74, 6) is -0.703. The third kappa shape index (κ3) is 3.19. The molecule has 0 bridgehead atoms. The Bertz CT molecular complexity index is 381. The zero-order valence-corrected chi connectivity index (χ0v) is 7.88. The number of carbonyl (C=O) groups excluding carboxylic acids is 1. The fourth-order valence-corrected chi connectivity index (χ4v) is 1.15. The molecule has 2 unspecified atom stereocenters. The molecule has 15 heavy (non-hydrogen) atoms. The highest BCUT2D eigenvalue weighted by atomic mass is 16.3. The van der Waals surface area contributed by atoms with Gasteiger partial charge in [0.25, 0.3) is 0 Å². The maximum absolute atomic E-state index is 10.7. The minimum atomic E-state index is -1.27. The molecule has 0 radical (unpaired) electrons. The van der Waals surface area contributed by atoms with Gasteiger partial charge in [-0.25, -0.2) is 0 Å². The zero-order valence-electron chi connectivity index (χ0n) is 7.88. The second kappa shape index (κ2) is 4.72. The van der Waals surface area contributed by atoms with Gasteiger partial charge in [-0.15, -0.1) is 0 Å². The molecule has 82 valence electrons. The molecule has 0 spiro atoms.